The molecule has 7 rings (SSSR count). The van der Waals surface area contributed by atoms with Crippen LogP contribution < -0.4 is 15.0 Å². The molecule has 9 heteroatoms. The third kappa shape index (κ3) is 4.99. The topological polar surface area (TPSA) is 94.4 Å². The van der Waals surface area contributed by atoms with Gasteiger partial charge in [-0.3, -0.25) is 4.79 Å². The molecular formula is C33H30N6O3. The first kappa shape index (κ1) is 25.9. The number of rotatable bonds is 7. The molecule has 5 aromatic rings. The summed E-state index contributed by atoms with van der Waals surface area (Å²) in [7, 11) is 0. The zero-order valence-electron chi connectivity index (χ0n) is 23.1. The van der Waals surface area contributed by atoms with Crippen LogP contribution >= 0.6 is 0 Å². The summed E-state index contributed by atoms with van der Waals surface area (Å²) in [6.45, 7) is 5.00. The van der Waals surface area contributed by atoms with Gasteiger partial charge in [-0.15, -0.1) is 0 Å². The molecule has 0 aliphatic carbocycles. The lowest BCUT2D eigenvalue weighted by Crippen LogP contribution is -2.26. The number of fused-ring (bicyclic) bond motifs is 2. The molecule has 1 saturated heterocycles. The molecule has 1 fully saturated rings. The average molecular weight is 559 g/mol. The molecule has 3 aromatic carbocycles. The fourth-order valence-corrected chi connectivity index (χ4v) is 5.51. The Morgan fingerprint density at radius 2 is 1.86 bits per heavy atom. The summed E-state index contributed by atoms with van der Waals surface area (Å²) in [5.41, 5.74) is 4.37. The van der Waals surface area contributed by atoms with E-state index in [9.17, 15) is 4.79 Å². The van der Waals surface area contributed by atoms with Crippen LogP contribution in [-0.2, 0) is 16.0 Å². The van der Waals surface area contributed by atoms with Crippen molar-refractivity contribution in [3.63, 3.8) is 0 Å². The molecule has 0 bridgehead atoms. The summed E-state index contributed by atoms with van der Waals surface area (Å²) >= 11 is 0. The van der Waals surface area contributed by atoms with Crippen molar-refractivity contribution in [1.82, 2.24) is 19.7 Å². The Morgan fingerprint density at radius 1 is 1.02 bits per heavy atom. The maximum absolute atomic E-state index is 12.4. The Morgan fingerprint density at radius 3 is 2.64 bits per heavy atom. The SMILES string of the molecule is C=CC(=O)N1CCc2ccc(Nc3nc(-c4ccc(Oc5ccccc5)cc4)nc4c3cnn4C3CCCCO3)cc21. The largest absolute Gasteiger partial charge is 0.457 e. The van der Waals surface area contributed by atoms with Crippen LogP contribution in [0.2, 0.25) is 0 Å². The van der Waals surface area contributed by atoms with Crippen LogP contribution in [0.5, 0.6) is 11.5 Å². The summed E-state index contributed by atoms with van der Waals surface area (Å²) in [5, 5.41) is 8.97. The first-order chi connectivity index (χ1) is 20.7. The molecule has 0 saturated carbocycles. The molecule has 210 valence electrons. The van der Waals surface area contributed by atoms with Crippen LogP contribution in [0.1, 0.15) is 31.1 Å². The lowest BCUT2D eigenvalue weighted by molar-refractivity contribution is -0.114. The van der Waals surface area contributed by atoms with Crippen LogP contribution in [0.15, 0.2) is 91.6 Å². The second-order valence-corrected chi connectivity index (χ2v) is 10.4. The molecule has 1 N–H and O–H groups in total. The van der Waals surface area contributed by atoms with Gasteiger partial charge in [-0.1, -0.05) is 30.8 Å². The molecule has 9 nitrogen and oxygen atoms in total. The minimum Gasteiger partial charge on any atom is -0.457 e. The van der Waals surface area contributed by atoms with E-state index in [1.165, 1.54) is 6.08 Å². The van der Waals surface area contributed by atoms with Crippen LogP contribution in [0.4, 0.5) is 17.2 Å². The minimum atomic E-state index is -0.174. The number of hydrogen-bond donors (Lipinski definition) is 1. The number of benzene rings is 3. The second-order valence-electron chi connectivity index (χ2n) is 10.4. The summed E-state index contributed by atoms with van der Waals surface area (Å²) in [5.74, 6) is 2.57. The van der Waals surface area contributed by atoms with Crippen LogP contribution in [0.25, 0.3) is 22.4 Å². The van der Waals surface area contributed by atoms with E-state index in [4.69, 9.17) is 19.4 Å². The number of ether oxygens (including phenoxy) is 2. The van der Waals surface area contributed by atoms with E-state index in [-0.39, 0.29) is 12.1 Å². The predicted molar refractivity (Wildman–Crippen MR) is 162 cm³/mol. The molecule has 0 radical (unpaired) electrons. The highest BCUT2D eigenvalue weighted by Crippen LogP contribution is 2.35. The van der Waals surface area contributed by atoms with E-state index >= 15 is 0 Å². The number of hydrogen-bond acceptors (Lipinski definition) is 7. The van der Waals surface area contributed by atoms with Gasteiger partial charge in [0.15, 0.2) is 17.7 Å². The van der Waals surface area contributed by atoms with Crippen molar-refractivity contribution in [2.24, 2.45) is 0 Å². The Kier molecular flexibility index (Phi) is 6.85. The standard InChI is InChI=1S/C33H30N6O3/c1-2-29(40)38-18-17-22-11-14-24(20-28(22)38)35-32-27-21-34-39(30-10-6-7-19-41-30)33(27)37-31(36-32)23-12-15-26(16-13-23)42-25-8-4-3-5-9-25/h2-5,8-9,11-16,20-21,30H,1,6-7,10,17-19H2,(H,35,36,37). The van der Waals surface area contributed by atoms with Crippen LogP contribution in [0, 0.1) is 0 Å². The van der Waals surface area contributed by atoms with Crippen molar-refractivity contribution in [2.45, 2.75) is 31.9 Å². The number of carbonyl (C=O) groups is 1. The lowest BCUT2D eigenvalue weighted by Gasteiger charge is -2.23. The summed E-state index contributed by atoms with van der Waals surface area (Å²) < 4.78 is 13.9. The number of anilines is 3. The quantitative estimate of drug-likeness (QED) is 0.220. The van der Waals surface area contributed by atoms with Gasteiger partial charge >= 0.3 is 0 Å². The molecule has 1 amide bonds. The van der Waals surface area contributed by atoms with Gasteiger partial charge in [0.05, 0.1) is 11.6 Å². The van der Waals surface area contributed by atoms with Gasteiger partial charge in [-0.2, -0.15) is 5.10 Å². The maximum Gasteiger partial charge on any atom is 0.250 e. The highest BCUT2D eigenvalue weighted by molar-refractivity contribution is 6.03. The van der Waals surface area contributed by atoms with E-state index in [0.29, 0.717) is 30.4 Å². The van der Waals surface area contributed by atoms with Crippen molar-refractivity contribution < 1.29 is 14.3 Å². The van der Waals surface area contributed by atoms with Gasteiger partial charge < -0.3 is 19.7 Å². The third-order valence-corrected chi connectivity index (χ3v) is 7.66. The van der Waals surface area contributed by atoms with Crippen molar-refractivity contribution >= 4 is 34.1 Å². The maximum atomic E-state index is 12.4. The minimum absolute atomic E-state index is 0.105. The molecule has 0 spiro atoms. The Hall–Kier alpha value is -5.02. The molecular weight excluding hydrogens is 528 g/mol. The van der Waals surface area contributed by atoms with E-state index < -0.39 is 0 Å². The summed E-state index contributed by atoms with van der Waals surface area (Å²) in [4.78, 5) is 24.1. The van der Waals surface area contributed by atoms with Crippen molar-refractivity contribution in [2.75, 3.05) is 23.4 Å². The fraction of sp³-hybridized carbons (Fsp3) is 0.212. The normalized spacial score (nSPS) is 16.3. The smallest absolute Gasteiger partial charge is 0.250 e. The highest BCUT2D eigenvalue weighted by Gasteiger charge is 2.25. The predicted octanol–water partition coefficient (Wildman–Crippen LogP) is 6.80. The lowest BCUT2D eigenvalue weighted by atomic mass is 10.1. The van der Waals surface area contributed by atoms with E-state index in [2.05, 4.69) is 23.1 Å². The second kappa shape index (κ2) is 11.1. The Bertz CT molecular complexity index is 1760. The fourth-order valence-electron chi connectivity index (χ4n) is 5.51. The van der Waals surface area contributed by atoms with Crippen molar-refractivity contribution in [3.05, 3.63) is 97.2 Å². The third-order valence-electron chi connectivity index (χ3n) is 7.66. The first-order valence-corrected chi connectivity index (χ1v) is 14.2. The molecule has 2 aromatic heterocycles. The molecule has 1 unspecified atom stereocenters. The molecule has 1 atom stereocenters. The van der Waals surface area contributed by atoms with Gasteiger partial charge in [0.25, 0.3) is 0 Å². The van der Waals surface area contributed by atoms with Gasteiger partial charge in [0, 0.05) is 30.1 Å². The van der Waals surface area contributed by atoms with E-state index in [1.54, 1.807) is 11.1 Å². The monoisotopic (exact) mass is 558 g/mol. The zero-order valence-corrected chi connectivity index (χ0v) is 23.1. The van der Waals surface area contributed by atoms with Gasteiger partial charge in [-0.25, -0.2) is 14.6 Å². The molecule has 42 heavy (non-hydrogen) atoms. The Balaban J connectivity index is 1.26. The number of carbonyl (C=O) groups excluding carboxylic acids is 1. The number of amides is 1. The summed E-state index contributed by atoms with van der Waals surface area (Å²) in [6, 6.07) is 23.5. The first-order valence-electron chi connectivity index (χ1n) is 14.2. The number of para-hydroxylation sites is 1. The summed E-state index contributed by atoms with van der Waals surface area (Å²) in [6.07, 6.45) is 6.78. The van der Waals surface area contributed by atoms with Gasteiger partial charge in [0.2, 0.25) is 5.91 Å². The Labute approximate surface area is 243 Å². The zero-order chi connectivity index (χ0) is 28.5. The molecule has 2 aliphatic heterocycles. The van der Waals surface area contributed by atoms with Crippen molar-refractivity contribution in [1.29, 1.82) is 0 Å². The van der Waals surface area contributed by atoms with Crippen molar-refractivity contribution in [3.8, 4) is 22.9 Å². The average Bonchev–Trinajstić information content (AvgIpc) is 3.67. The molecule has 4 heterocycles. The van der Waals surface area contributed by atoms with Crippen LogP contribution in [-0.4, -0.2) is 38.8 Å². The van der Waals surface area contributed by atoms with E-state index in [0.717, 1.165) is 65.1 Å². The van der Waals surface area contributed by atoms with Crippen LogP contribution in [0.3, 0.4) is 0 Å². The number of nitrogens with zero attached hydrogens (tertiary/aromatic N) is 5. The highest BCUT2D eigenvalue weighted by atomic mass is 16.5. The van der Waals surface area contributed by atoms with E-state index in [1.807, 2.05) is 71.4 Å². The van der Waals surface area contributed by atoms with Gasteiger partial charge in [0.1, 0.15) is 17.3 Å². The van der Waals surface area contributed by atoms with Gasteiger partial charge in [-0.05, 0) is 85.9 Å². The number of nitrogens with one attached hydrogen (secondary N) is 1. The molecule has 2 aliphatic rings. The number of aromatic nitrogens is 4.